The van der Waals surface area contributed by atoms with Crippen LogP contribution in [0.1, 0.15) is 35.2 Å². The summed E-state index contributed by atoms with van der Waals surface area (Å²) in [5.41, 5.74) is 3.41. The van der Waals surface area contributed by atoms with Crippen LogP contribution in [0.25, 0.3) is 11.8 Å². The van der Waals surface area contributed by atoms with E-state index >= 15 is 0 Å². The van der Waals surface area contributed by atoms with E-state index in [4.69, 9.17) is 42.4 Å². The van der Waals surface area contributed by atoms with Gasteiger partial charge in [0.05, 0.1) is 45.6 Å². The van der Waals surface area contributed by atoms with E-state index in [9.17, 15) is 9.59 Å². The number of nitrogens with zero attached hydrogens (tertiary/aromatic N) is 2. The number of thiazole rings is 1. The highest BCUT2D eigenvalue weighted by Crippen LogP contribution is 2.36. The maximum absolute atomic E-state index is 14.3. The molecule has 0 bridgehead atoms. The zero-order chi connectivity index (χ0) is 32.2. The van der Waals surface area contributed by atoms with Crippen molar-refractivity contribution in [3.05, 3.63) is 155 Å². The van der Waals surface area contributed by atoms with Crippen LogP contribution < -0.4 is 24.4 Å². The lowest BCUT2D eigenvalue weighted by Crippen LogP contribution is -2.40. The summed E-state index contributed by atoms with van der Waals surface area (Å²) in [6.45, 7) is 2.12. The Hall–Kier alpha value is -4.63. The Morgan fingerprint density at radius 2 is 1.70 bits per heavy atom. The van der Waals surface area contributed by atoms with E-state index in [0.29, 0.717) is 47.7 Å². The molecule has 1 aliphatic heterocycles. The standard InChI is InChI=1S/C36H28Cl2N2O5S/c1-3-44-35(42)30-31(23-11-6-4-7-12-23)39-36-40(32(30)24-13-8-5-9-14-24)34(41)29(46-36)20-25-15-10-16-28(43-2)33(25)45-21-22-17-18-26(37)27(38)19-22/h4-20,32H,3,21H2,1-2H3/b29-20-/t32-/m1/s1. The summed E-state index contributed by atoms with van der Waals surface area (Å²) in [5, 5.41) is 0.878. The molecule has 46 heavy (non-hydrogen) atoms. The lowest BCUT2D eigenvalue weighted by molar-refractivity contribution is -0.138. The Bertz CT molecular complexity index is 2130. The van der Waals surface area contributed by atoms with E-state index in [1.165, 1.54) is 11.3 Å². The number of halogens is 2. The molecule has 6 rings (SSSR count). The van der Waals surface area contributed by atoms with Crippen LogP contribution >= 0.6 is 34.5 Å². The number of rotatable bonds is 9. The van der Waals surface area contributed by atoms with Gasteiger partial charge in [-0.3, -0.25) is 9.36 Å². The third-order valence-corrected chi connectivity index (χ3v) is 9.09. The first-order valence-corrected chi connectivity index (χ1v) is 16.0. The first kappa shape index (κ1) is 31.4. The quantitative estimate of drug-likeness (QED) is 0.161. The predicted octanol–water partition coefficient (Wildman–Crippen LogP) is 6.83. The third-order valence-electron chi connectivity index (χ3n) is 7.37. The molecule has 0 radical (unpaired) electrons. The van der Waals surface area contributed by atoms with Crippen LogP contribution in [0, 0.1) is 0 Å². The molecule has 7 nitrogen and oxygen atoms in total. The van der Waals surface area contributed by atoms with Crippen LogP contribution in [0.15, 0.2) is 112 Å². The molecule has 4 aromatic carbocycles. The third kappa shape index (κ3) is 6.24. The van der Waals surface area contributed by atoms with Gasteiger partial charge in [0.2, 0.25) is 0 Å². The van der Waals surface area contributed by atoms with Crippen LogP contribution in [-0.4, -0.2) is 24.3 Å². The molecule has 10 heteroatoms. The van der Waals surface area contributed by atoms with Gasteiger partial charge in [0.1, 0.15) is 6.61 Å². The normalized spacial score (nSPS) is 14.4. The molecule has 1 atom stereocenters. The molecule has 5 aromatic rings. The number of carbonyl (C=O) groups excluding carboxylic acids is 1. The summed E-state index contributed by atoms with van der Waals surface area (Å²) < 4.78 is 19.4. The Morgan fingerprint density at radius 1 is 0.957 bits per heavy atom. The Morgan fingerprint density at radius 3 is 2.39 bits per heavy atom. The summed E-state index contributed by atoms with van der Waals surface area (Å²) in [5.74, 6) is 0.428. The van der Waals surface area contributed by atoms with Crippen molar-refractivity contribution < 1.29 is 19.0 Å². The second kappa shape index (κ2) is 13.8. The second-order valence-corrected chi connectivity index (χ2v) is 12.1. The van der Waals surface area contributed by atoms with E-state index in [-0.39, 0.29) is 18.8 Å². The Kier molecular flexibility index (Phi) is 9.40. The fraction of sp³-hybridized carbons (Fsp3) is 0.139. The molecule has 2 heterocycles. The highest BCUT2D eigenvalue weighted by molar-refractivity contribution is 7.07. The molecule has 0 saturated carbocycles. The number of esters is 1. The van der Waals surface area contributed by atoms with Gasteiger partial charge < -0.3 is 14.2 Å². The smallest absolute Gasteiger partial charge is 0.338 e. The number of benzene rings is 4. The van der Waals surface area contributed by atoms with Crippen molar-refractivity contribution in [2.24, 2.45) is 4.99 Å². The van der Waals surface area contributed by atoms with Crippen molar-refractivity contribution >= 4 is 52.3 Å². The molecule has 1 aliphatic rings. The minimum atomic E-state index is -0.760. The van der Waals surface area contributed by atoms with E-state index in [2.05, 4.69) is 0 Å². The fourth-order valence-electron chi connectivity index (χ4n) is 5.28. The maximum Gasteiger partial charge on any atom is 0.338 e. The minimum absolute atomic E-state index is 0.178. The lowest BCUT2D eigenvalue weighted by Gasteiger charge is -2.25. The van der Waals surface area contributed by atoms with Crippen LogP contribution in [0.2, 0.25) is 10.0 Å². The molecule has 0 amide bonds. The molecule has 0 aliphatic carbocycles. The number of aromatic nitrogens is 1. The summed E-state index contributed by atoms with van der Waals surface area (Å²) >= 11 is 13.5. The maximum atomic E-state index is 14.3. The van der Waals surface area contributed by atoms with Crippen LogP contribution in [0.3, 0.4) is 0 Å². The summed E-state index contributed by atoms with van der Waals surface area (Å²) in [7, 11) is 1.56. The summed E-state index contributed by atoms with van der Waals surface area (Å²) in [6.07, 6.45) is 1.76. The Labute approximate surface area is 279 Å². The largest absolute Gasteiger partial charge is 0.493 e. The molecule has 0 N–H and O–H groups in total. The molecule has 0 fully saturated rings. The molecule has 0 unspecified atom stereocenters. The van der Waals surface area contributed by atoms with Crippen LogP contribution in [0.5, 0.6) is 11.5 Å². The van der Waals surface area contributed by atoms with E-state index in [0.717, 1.165) is 16.7 Å². The molecule has 232 valence electrons. The van der Waals surface area contributed by atoms with Gasteiger partial charge in [-0.15, -0.1) is 0 Å². The highest BCUT2D eigenvalue weighted by atomic mass is 35.5. The van der Waals surface area contributed by atoms with Crippen molar-refractivity contribution in [3.63, 3.8) is 0 Å². The van der Waals surface area contributed by atoms with Gasteiger partial charge in [-0.05, 0) is 42.3 Å². The molecular formula is C36H28Cl2N2O5S. The zero-order valence-corrected chi connectivity index (χ0v) is 27.2. The van der Waals surface area contributed by atoms with E-state index in [1.807, 2.05) is 78.9 Å². The average Bonchev–Trinajstić information content (AvgIpc) is 3.39. The van der Waals surface area contributed by atoms with Crippen LogP contribution in [0.4, 0.5) is 0 Å². The zero-order valence-electron chi connectivity index (χ0n) is 24.9. The fourth-order valence-corrected chi connectivity index (χ4v) is 6.59. The minimum Gasteiger partial charge on any atom is -0.493 e. The average molecular weight is 672 g/mol. The van der Waals surface area contributed by atoms with Crippen molar-refractivity contribution in [1.82, 2.24) is 4.57 Å². The molecule has 0 spiro atoms. The predicted molar refractivity (Wildman–Crippen MR) is 181 cm³/mol. The first-order valence-electron chi connectivity index (χ1n) is 14.5. The number of fused-ring (bicyclic) bond motifs is 1. The molecule has 1 aromatic heterocycles. The van der Waals surface area contributed by atoms with Crippen LogP contribution in [-0.2, 0) is 16.1 Å². The summed E-state index contributed by atoms with van der Waals surface area (Å²) in [6, 6.07) is 28.9. The lowest BCUT2D eigenvalue weighted by atomic mass is 9.93. The monoisotopic (exact) mass is 670 g/mol. The number of methoxy groups -OCH3 is 1. The summed E-state index contributed by atoms with van der Waals surface area (Å²) in [4.78, 5) is 33.3. The number of hydrogen-bond acceptors (Lipinski definition) is 7. The van der Waals surface area contributed by atoms with Gasteiger partial charge in [-0.1, -0.05) is 113 Å². The topological polar surface area (TPSA) is 79.1 Å². The van der Waals surface area contributed by atoms with Crippen molar-refractivity contribution in [2.45, 2.75) is 19.6 Å². The molecular weight excluding hydrogens is 643 g/mol. The van der Waals surface area contributed by atoms with Crippen molar-refractivity contribution in [2.75, 3.05) is 13.7 Å². The van der Waals surface area contributed by atoms with Gasteiger partial charge in [-0.2, -0.15) is 0 Å². The van der Waals surface area contributed by atoms with Gasteiger partial charge >= 0.3 is 5.97 Å². The van der Waals surface area contributed by atoms with Gasteiger partial charge in [-0.25, -0.2) is 9.79 Å². The second-order valence-electron chi connectivity index (χ2n) is 10.3. The number of para-hydroxylation sites is 1. The van der Waals surface area contributed by atoms with Gasteiger partial charge in [0, 0.05) is 11.1 Å². The van der Waals surface area contributed by atoms with Gasteiger partial charge in [0.25, 0.3) is 5.56 Å². The molecule has 0 saturated heterocycles. The SMILES string of the molecule is CCOC(=O)C1=C(c2ccccc2)N=c2s/c(=C\c3cccc(OC)c3OCc3ccc(Cl)c(Cl)c3)c(=O)n2[C@@H]1c1ccccc1. The van der Waals surface area contributed by atoms with Crippen molar-refractivity contribution in [1.29, 1.82) is 0 Å². The Balaban J connectivity index is 1.53. The number of ether oxygens (including phenoxy) is 3. The number of hydrogen-bond donors (Lipinski definition) is 0. The van der Waals surface area contributed by atoms with Gasteiger partial charge in [0.15, 0.2) is 16.3 Å². The number of carbonyl (C=O) groups is 1. The first-order chi connectivity index (χ1) is 22.4. The van der Waals surface area contributed by atoms with E-state index in [1.54, 1.807) is 42.9 Å². The van der Waals surface area contributed by atoms with Crippen molar-refractivity contribution in [3.8, 4) is 11.5 Å². The highest BCUT2D eigenvalue weighted by Gasteiger charge is 2.35. The van der Waals surface area contributed by atoms with E-state index < -0.39 is 12.0 Å².